The van der Waals surface area contributed by atoms with Gasteiger partial charge in [0.15, 0.2) is 11.6 Å². The predicted octanol–water partition coefficient (Wildman–Crippen LogP) is 2.97. The number of benzene rings is 1. The van der Waals surface area contributed by atoms with Gasteiger partial charge in [-0.2, -0.15) is 0 Å². The van der Waals surface area contributed by atoms with E-state index in [9.17, 15) is 9.59 Å². The summed E-state index contributed by atoms with van der Waals surface area (Å²) in [6.45, 7) is 7.97. The Balaban J connectivity index is 1.75. The van der Waals surface area contributed by atoms with Crippen LogP contribution in [-0.4, -0.2) is 36.0 Å². The summed E-state index contributed by atoms with van der Waals surface area (Å²) in [5, 5.41) is 0. The molecule has 0 bridgehead atoms. The molecule has 0 N–H and O–H groups in total. The van der Waals surface area contributed by atoms with Crippen molar-refractivity contribution in [2.75, 3.05) is 6.61 Å². The van der Waals surface area contributed by atoms with Gasteiger partial charge in [-0.05, 0) is 37.1 Å². The number of ether oxygens (including phenoxy) is 2. The second kappa shape index (κ2) is 5.87. The Morgan fingerprint density at radius 1 is 1.26 bits per heavy atom. The zero-order chi connectivity index (χ0) is 16.6. The molecule has 1 aliphatic carbocycles. The minimum atomic E-state index is -0.552. The highest BCUT2D eigenvalue weighted by Crippen LogP contribution is 2.35. The highest BCUT2D eigenvalue weighted by atomic mass is 16.6. The first-order valence-corrected chi connectivity index (χ1v) is 7.71. The molecule has 0 aromatic heterocycles. The van der Waals surface area contributed by atoms with Crippen molar-refractivity contribution in [3.63, 3.8) is 0 Å². The highest BCUT2D eigenvalue weighted by Gasteiger charge is 2.44. The van der Waals surface area contributed by atoms with Crippen molar-refractivity contribution in [2.45, 2.75) is 38.1 Å². The predicted molar refractivity (Wildman–Crippen MR) is 87.3 cm³/mol. The van der Waals surface area contributed by atoms with Crippen molar-refractivity contribution in [3.05, 3.63) is 54.1 Å². The minimum Gasteiger partial charge on any atom is -0.365 e. The summed E-state index contributed by atoms with van der Waals surface area (Å²) >= 11 is 0. The van der Waals surface area contributed by atoms with Crippen molar-refractivity contribution >= 4 is 17.1 Å². The third-order valence-corrected chi connectivity index (χ3v) is 4.55. The van der Waals surface area contributed by atoms with Gasteiger partial charge < -0.3 is 9.47 Å². The van der Waals surface area contributed by atoms with Gasteiger partial charge in [-0.3, -0.25) is 9.59 Å². The van der Waals surface area contributed by atoms with Gasteiger partial charge in [-0.25, -0.2) is 0 Å². The Kier molecular flexibility index (Phi) is 4.04. The molecule has 0 radical (unpaired) electrons. The van der Waals surface area contributed by atoms with Crippen molar-refractivity contribution in [1.29, 1.82) is 0 Å². The van der Waals surface area contributed by atoms with Crippen molar-refractivity contribution in [1.82, 2.24) is 0 Å². The first-order chi connectivity index (χ1) is 10.9. The van der Waals surface area contributed by atoms with E-state index in [1.807, 2.05) is 19.1 Å². The molecular formula is C19H20O4. The van der Waals surface area contributed by atoms with Crippen LogP contribution in [0.15, 0.2) is 43.0 Å². The summed E-state index contributed by atoms with van der Waals surface area (Å²) in [5.41, 5.74) is 1.82. The molecule has 0 spiro atoms. The number of hydrogen-bond donors (Lipinski definition) is 0. The van der Waals surface area contributed by atoms with Crippen LogP contribution < -0.4 is 0 Å². The third-order valence-electron chi connectivity index (χ3n) is 4.55. The van der Waals surface area contributed by atoms with Crippen LogP contribution in [0, 0.1) is 0 Å². The quantitative estimate of drug-likeness (QED) is 0.805. The topological polar surface area (TPSA) is 52.6 Å². The fourth-order valence-corrected chi connectivity index (χ4v) is 2.92. The minimum absolute atomic E-state index is 0.0303. The van der Waals surface area contributed by atoms with Gasteiger partial charge in [0.2, 0.25) is 0 Å². The zero-order valence-corrected chi connectivity index (χ0v) is 13.4. The van der Waals surface area contributed by atoms with Crippen LogP contribution >= 0.6 is 0 Å². The van der Waals surface area contributed by atoms with E-state index in [1.165, 1.54) is 6.92 Å². The summed E-state index contributed by atoms with van der Waals surface area (Å²) in [5.74, 6) is 0.0795. The number of carbonyl (C=O) groups excluding carboxylic acids is 2. The number of carbonyl (C=O) groups is 2. The lowest BCUT2D eigenvalue weighted by molar-refractivity contribution is -0.196. The standard InChI is InChI=1S/C19H20O4/c1-12(14-4-6-15(7-5-14)13(2)20)17-11-22-19(3)9-8-16(21)10-18(19)23-17/h4-9,17-18H,1,10-11H2,2-3H3/t17-,18-,19+/m1/s1. The molecular weight excluding hydrogens is 292 g/mol. The van der Waals surface area contributed by atoms with E-state index >= 15 is 0 Å². The number of Topliss-reactive ketones (excluding diaryl/α,β-unsaturated/α-hetero) is 1. The van der Waals surface area contributed by atoms with Gasteiger partial charge in [0.05, 0.1) is 12.7 Å². The molecule has 1 aromatic carbocycles. The van der Waals surface area contributed by atoms with E-state index in [2.05, 4.69) is 6.58 Å². The maximum atomic E-state index is 11.6. The van der Waals surface area contributed by atoms with Gasteiger partial charge in [0.1, 0.15) is 11.7 Å². The van der Waals surface area contributed by atoms with E-state index in [0.717, 1.165) is 11.1 Å². The molecule has 1 aromatic rings. The molecule has 0 unspecified atom stereocenters. The molecule has 3 atom stereocenters. The zero-order valence-electron chi connectivity index (χ0n) is 13.4. The Labute approximate surface area is 135 Å². The summed E-state index contributed by atoms with van der Waals surface area (Å²) < 4.78 is 12.1. The Morgan fingerprint density at radius 2 is 1.91 bits per heavy atom. The number of fused-ring (bicyclic) bond motifs is 1. The van der Waals surface area contributed by atoms with Gasteiger partial charge >= 0.3 is 0 Å². The Bertz CT molecular complexity index is 686. The van der Waals surface area contributed by atoms with E-state index in [1.54, 1.807) is 24.3 Å². The third kappa shape index (κ3) is 3.05. The maximum Gasteiger partial charge on any atom is 0.159 e. The first kappa shape index (κ1) is 15.8. The fraction of sp³-hybridized carbons (Fsp3) is 0.368. The van der Waals surface area contributed by atoms with E-state index in [0.29, 0.717) is 18.6 Å². The number of allylic oxidation sites excluding steroid dienone is 1. The molecule has 1 fully saturated rings. The van der Waals surface area contributed by atoms with Crippen LogP contribution in [0.25, 0.3) is 5.57 Å². The lowest BCUT2D eigenvalue weighted by Crippen LogP contribution is -2.53. The van der Waals surface area contributed by atoms with Crippen LogP contribution in [0.3, 0.4) is 0 Å². The van der Waals surface area contributed by atoms with Crippen LogP contribution in [0.5, 0.6) is 0 Å². The number of hydrogen-bond acceptors (Lipinski definition) is 4. The van der Waals surface area contributed by atoms with E-state index < -0.39 is 5.60 Å². The van der Waals surface area contributed by atoms with Crippen LogP contribution in [0.1, 0.15) is 36.2 Å². The molecule has 1 saturated heterocycles. The average molecular weight is 312 g/mol. The van der Waals surface area contributed by atoms with Gasteiger partial charge in [0.25, 0.3) is 0 Å². The molecule has 1 aliphatic heterocycles. The van der Waals surface area contributed by atoms with E-state index in [4.69, 9.17) is 9.47 Å². The lowest BCUT2D eigenvalue weighted by atomic mass is 9.87. The van der Waals surface area contributed by atoms with Crippen molar-refractivity contribution in [3.8, 4) is 0 Å². The fourth-order valence-electron chi connectivity index (χ4n) is 2.92. The summed E-state index contributed by atoms with van der Waals surface area (Å²) in [7, 11) is 0. The smallest absolute Gasteiger partial charge is 0.159 e. The van der Waals surface area contributed by atoms with Gasteiger partial charge in [-0.15, -0.1) is 0 Å². The molecule has 4 heteroatoms. The van der Waals surface area contributed by atoms with Crippen LogP contribution in [0.4, 0.5) is 0 Å². The van der Waals surface area contributed by atoms with Gasteiger partial charge in [0, 0.05) is 12.0 Å². The second-order valence-electron chi connectivity index (χ2n) is 6.27. The Hall–Kier alpha value is -2.04. The molecule has 4 nitrogen and oxygen atoms in total. The molecule has 0 saturated carbocycles. The lowest BCUT2D eigenvalue weighted by Gasteiger charge is -2.44. The average Bonchev–Trinajstić information content (AvgIpc) is 2.54. The van der Waals surface area contributed by atoms with Crippen molar-refractivity contribution in [2.24, 2.45) is 0 Å². The van der Waals surface area contributed by atoms with Crippen LogP contribution in [-0.2, 0) is 14.3 Å². The van der Waals surface area contributed by atoms with E-state index in [-0.39, 0.29) is 23.8 Å². The molecule has 23 heavy (non-hydrogen) atoms. The molecule has 3 rings (SSSR count). The molecule has 2 aliphatic rings. The molecule has 0 amide bonds. The monoisotopic (exact) mass is 312 g/mol. The number of rotatable bonds is 3. The summed E-state index contributed by atoms with van der Waals surface area (Å²) in [6.07, 6.45) is 3.07. The Morgan fingerprint density at radius 3 is 2.57 bits per heavy atom. The normalized spacial score (nSPS) is 29.9. The maximum absolute atomic E-state index is 11.6. The number of ketones is 2. The van der Waals surface area contributed by atoms with Crippen LogP contribution in [0.2, 0.25) is 0 Å². The van der Waals surface area contributed by atoms with Gasteiger partial charge in [-0.1, -0.05) is 30.8 Å². The second-order valence-corrected chi connectivity index (χ2v) is 6.27. The summed E-state index contributed by atoms with van der Waals surface area (Å²) in [6, 6.07) is 7.29. The largest absolute Gasteiger partial charge is 0.365 e. The summed E-state index contributed by atoms with van der Waals surface area (Å²) in [4.78, 5) is 23.0. The molecule has 120 valence electrons. The SMILES string of the molecule is C=C(c1ccc(C(C)=O)cc1)[C@H]1CO[C@@]2(C)C=CC(=O)C[C@H]2O1. The molecule has 1 heterocycles. The first-order valence-electron chi connectivity index (χ1n) is 7.71. The highest BCUT2D eigenvalue weighted by molar-refractivity contribution is 5.94. The van der Waals surface area contributed by atoms with Crippen molar-refractivity contribution < 1.29 is 19.1 Å².